The Morgan fingerprint density at radius 2 is 1.76 bits per heavy atom. The van der Waals surface area contributed by atoms with Crippen molar-refractivity contribution in [3.63, 3.8) is 0 Å². The van der Waals surface area contributed by atoms with Crippen LogP contribution in [0.2, 0.25) is 0 Å². The molecule has 2 nitrogen and oxygen atoms in total. The van der Waals surface area contributed by atoms with Crippen molar-refractivity contribution >= 4 is 0 Å². The summed E-state index contributed by atoms with van der Waals surface area (Å²) < 4.78 is 0. The van der Waals surface area contributed by atoms with Gasteiger partial charge in [0.05, 0.1) is 5.60 Å². The molecule has 2 fully saturated rings. The van der Waals surface area contributed by atoms with Crippen LogP contribution in [0, 0.1) is 29.1 Å². The normalized spacial score (nSPS) is 49.8. The molecular formula is C15H28O2. The topological polar surface area (TPSA) is 40.5 Å². The van der Waals surface area contributed by atoms with Crippen molar-refractivity contribution in [2.75, 3.05) is 6.61 Å². The van der Waals surface area contributed by atoms with Gasteiger partial charge in [0.1, 0.15) is 0 Å². The highest BCUT2D eigenvalue weighted by Gasteiger charge is 2.53. The molecule has 2 rings (SSSR count). The Morgan fingerprint density at radius 1 is 1.12 bits per heavy atom. The van der Waals surface area contributed by atoms with Gasteiger partial charge < -0.3 is 10.2 Å². The van der Waals surface area contributed by atoms with Crippen LogP contribution in [0.15, 0.2) is 0 Å². The van der Waals surface area contributed by atoms with Gasteiger partial charge in [0.15, 0.2) is 0 Å². The summed E-state index contributed by atoms with van der Waals surface area (Å²) in [6, 6.07) is 0. The van der Waals surface area contributed by atoms with Crippen LogP contribution in [0.1, 0.15) is 53.4 Å². The fraction of sp³-hybridized carbons (Fsp3) is 1.00. The minimum atomic E-state index is -0.669. The number of aliphatic hydroxyl groups excluding tert-OH is 1. The van der Waals surface area contributed by atoms with Gasteiger partial charge >= 0.3 is 0 Å². The van der Waals surface area contributed by atoms with Gasteiger partial charge in [0.25, 0.3) is 0 Å². The Morgan fingerprint density at radius 3 is 2.35 bits per heavy atom. The van der Waals surface area contributed by atoms with Crippen molar-refractivity contribution in [2.24, 2.45) is 29.1 Å². The van der Waals surface area contributed by atoms with Crippen LogP contribution in [0.4, 0.5) is 0 Å². The second-order valence-corrected chi connectivity index (χ2v) is 7.37. The predicted molar refractivity (Wildman–Crippen MR) is 69.6 cm³/mol. The molecule has 0 aromatic heterocycles. The smallest absolute Gasteiger partial charge is 0.0672 e. The first-order chi connectivity index (χ1) is 7.79. The molecular weight excluding hydrogens is 212 g/mol. The summed E-state index contributed by atoms with van der Waals surface area (Å²) >= 11 is 0. The molecule has 0 spiro atoms. The minimum absolute atomic E-state index is 0.0656. The van der Waals surface area contributed by atoms with E-state index >= 15 is 0 Å². The van der Waals surface area contributed by atoms with E-state index in [4.69, 9.17) is 0 Å². The molecule has 0 bridgehead atoms. The number of aliphatic hydroxyl groups is 2. The average molecular weight is 240 g/mol. The van der Waals surface area contributed by atoms with Crippen LogP contribution in [0.3, 0.4) is 0 Å². The van der Waals surface area contributed by atoms with Crippen LogP contribution in [-0.2, 0) is 0 Å². The molecule has 100 valence electrons. The number of hydrogen-bond acceptors (Lipinski definition) is 2. The molecule has 5 atom stereocenters. The fourth-order valence-corrected chi connectivity index (χ4v) is 4.52. The van der Waals surface area contributed by atoms with Gasteiger partial charge in [-0.1, -0.05) is 20.8 Å². The van der Waals surface area contributed by atoms with Crippen LogP contribution >= 0.6 is 0 Å². The highest BCUT2D eigenvalue weighted by molar-refractivity contribution is 5.02. The molecule has 0 heterocycles. The molecule has 2 N–H and O–H groups in total. The second-order valence-electron chi connectivity index (χ2n) is 7.37. The zero-order valence-electron chi connectivity index (χ0n) is 11.7. The summed E-state index contributed by atoms with van der Waals surface area (Å²) in [5, 5.41) is 20.2. The fourth-order valence-electron chi connectivity index (χ4n) is 4.52. The quantitative estimate of drug-likeness (QED) is 0.740. The summed E-state index contributed by atoms with van der Waals surface area (Å²) in [6.45, 7) is 9.08. The van der Waals surface area contributed by atoms with Crippen molar-refractivity contribution in [3.8, 4) is 0 Å². The van der Waals surface area contributed by atoms with Crippen LogP contribution in [0.25, 0.3) is 0 Å². The molecule has 0 aromatic rings. The van der Waals surface area contributed by atoms with E-state index in [2.05, 4.69) is 20.8 Å². The highest BCUT2D eigenvalue weighted by Crippen LogP contribution is 2.56. The van der Waals surface area contributed by atoms with Crippen LogP contribution in [-0.4, -0.2) is 22.4 Å². The van der Waals surface area contributed by atoms with Gasteiger partial charge in [0, 0.05) is 12.5 Å². The second kappa shape index (κ2) is 4.24. The third-order valence-electron chi connectivity index (χ3n) is 5.79. The summed E-state index contributed by atoms with van der Waals surface area (Å²) in [5.41, 5.74) is -0.293. The third-order valence-corrected chi connectivity index (χ3v) is 5.79. The first-order valence-corrected chi connectivity index (χ1v) is 7.13. The molecule has 0 radical (unpaired) electrons. The van der Waals surface area contributed by atoms with E-state index in [1.807, 2.05) is 6.92 Å². The Balaban J connectivity index is 2.31. The largest absolute Gasteiger partial charge is 0.396 e. The van der Waals surface area contributed by atoms with E-state index < -0.39 is 5.60 Å². The molecule has 2 unspecified atom stereocenters. The standard InChI is InChI=1S/C15H28O2/c1-10-5-7-14(2,3)11-6-8-15(4,17)12(9-16)13(10)11/h10-13,16-17H,5-9H2,1-4H3/t10-,11?,12-,13?,15-/m1/s1. The Labute approximate surface area is 105 Å². The van der Waals surface area contributed by atoms with E-state index in [1.165, 1.54) is 12.8 Å². The zero-order valence-corrected chi connectivity index (χ0v) is 11.7. The maximum Gasteiger partial charge on any atom is 0.0672 e. The number of hydrogen-bond donors (Lipinski definition) is 2. The average Bonchev–Trinajstić information content (AvgIpc) is 2.22. The molecule has 2 aliphatic rings. The zero-order chi connectivity index (χ0) is 12.8. The molecule has 2 saturated carbocycles. The van der Waals surface area contributed by atoms with Crippen molar-refractivity contribution in [3.05, 3.63) is 0 Å². The lowest BCUT2D eigenvalue weighted by molar-refractivity contribution is -0.147. The number of fused-ring (bicyclic) bond motifs is 1. The third kappa shape index (κ3) is 2.15. The first kappa shape index (κ1) is 13.4. The highest BCUT2D eigenvalue weighted by atomic mass is 16.3. The van der Waals surface area contributed by atoms with Gasteiger partial charge in [-0.3, -0.25) is 0 Å². The van der Waals surface area contributed by atoms with Gasteiger partial charge in [-0.15, -0.1) is 0 Å². The minimum Gasteiger partial charge on any atom is -0.396 e. The van der Waals surface area contributed by atoms with Crippen molar-refractivity contribution in [1.29, 1.82) is 0 Å². The van der Waals surface area contributed by atoms with E-state index in [-0.39, 0.29) is 12.5 Å². The Bertz CT molecular complexity index is 273. The maximum atomic E-state index is 10.5. The molecule has 0 amide bonds. The lowest BCUT2D eigenvalue weighted by atomic mass is 9.50. The monoisotopic (exact) mass is 240 g/mol. The Hall–Kier alpha value is -0.0800. The first-order valence-electron chi connectivity index (χ1n) is 7.13. The molecule has 17 heavy (non-hydrogen) atoms. The summed E-state index contributed by atoms with van der Waals surface area (Å²) in [4.78, 5) is 0. The summed E-state index contributed by atoms with van der Waals surface area (Å²) in [6.07, 6.45) is 4.48. The lowest BCUT2D eigenvalue weighted by Gasteiger charge is -2.56. The van der Waals surface area contributed by atoms with Crippen LogP contribution < -0.4 is 0 Å². The van der Waals surface area contributed by atoms with Crippen molar-refractivity contribution < 1.29 is 10.2 Å². The van der Waals surface area contributed by atoms with Gasteiger partial charge in [-0.05, 0) is 55.8 Å². The SMILES string of the molecule is C[C@@H]1CCC(C)(C)C2CC[C@@](C)(O)[C@H](CO)C21. The Kier molecular flexibility index (Phi) is 3.33. The van der Waals surface area contributed by atoms with E-state index in [1.54, 1.807) is 0 Å². The van der Waals surface area contributed by atoms with Crippen LogP contribution in [0.5, 0.6) is 0 Å². The van der Waals surface area contributed by atoms with Gasteiger partial charge in [-0.2, -0.15) is 0 Å². The van der Waals surface area contributed by atoms with E-state index in [9.17, 15) is 10.2 Å². The van der Waals surface area contributed by atoms with E-state index in [0.29, 0.717) is 23.2 Å². The van der Waals surface area contributed by atoms with Gasteiger partial charge in [0.2, 0.25) is 0 Å². The summed E-state index contributed by atoms with van der Waals surface area (Å²) in [7, 11) is 0. The molecule has 0 saturated heterocycles. The van der Waals surface area contributed by atoms with Crippen molar-refractivity contribution in [1.82, 2.24) is 0 Å². The lowest BCUT2D eigenvalue weighted by Crippen LogP contribution is -2.55. The van der Waals surface area contributed by atoms with Crippen molar-refractivity contribution in [2.45, 2.75) is 59.0 Å². The van der Waals surface area contributed by atoms with E-state index in [0.717, 1.165) is 12.8 Å². The maximum absolute atomic E-state index is 10.5. The van der Waals surface area contributed by atoms with Gasteiger partial charge in [-0.25, -0.2) is 0 Å². The predicted octanol–water partition coefficient (Wildman–Crippen LogP) is 2.83. The molecule has 2 heteroatoms. The summed E-state index contributed by atoms with van der Waals surface area (Å²) in [5.74, 6) is 1.86. The number of rotatable bonds is 1. The molecule has 0 aliphatic heterocycles. The molecule has 0 aromatic carbocycles. The molecule has 2 aliphatic carbocycles.